The van der Waals surface area contributed by atoms with E-state index in [-0.39, 0.29) is 12.1 Å². The van der Waals surface area contributed by atoms with Gasteiger partial charge in [-0.3, -0.25) is 4.79 Å². The van der Waals surface area contributed by atoms with Crippen molar-refractivity contribution in [3.8, 4) is 0 Å². The number of nitrogens with zero attached hydrogens (tertiary/aromatic N) is 3. The molecule has 0 N–H and O–H groups in total. The van der Waals surface area contributed by atoms with E-state index in [1.54, 1.807) is 18.2 Å². The zero-order valence-electron chi connectivity index (χ0n) is 13.9. The summed E-state index contributed by atoms with van der Waals surface area (Å²) in [5.74, 6) is 0. The topological polar surface area (TPSA) is 78.0 Å². The second kappa shape index (κ2) is 5.62. The molecule has 0 saturated carbocycles. The molecule has 0 atom stereocenters. The van der Waals surface area contributed by atoms with Crippen molar-refractivity contribution in [3.05, 3.63) is 79.9 Å². The van der Waals surface area contributed by atoms with Gasteiger partial charge in [0.25, 0.3) is 5.56 Å². The molecule has 5 rings (SSSR count). The lowest BCUT2D eigenvalue weighted by Crippen LogP contribution is -2.25. The lowest BCUT2D eigenvalue weighted by molar-refractivity contribution is 0.551. The predicted octanol–water partition coefficient (Wildman–Crippen LogP) is 2.43. The van der Waals surface area contributed by atoms with Crippen LogP contribution in [0.5, 0.6) is 0 Å². The van der Waals surface area contributed by atoms with E-state index in [2.05, 4.69) is 16.4 Å². The first-order chi connectivity index (χ1) is 12.7. The molecule has 26 heavy (non-hydrogen) atoms. The van der Waals surface area contributed by atoms with Crippen LogP contribution in [-0.2, 0) is 19.4 Å². The van der Waals surface area contributed by atoms with Gasteiger partial charge >= 0.3 is 5.63 Å². The molecule has 0 spiro atoms. The van der Waals surface area contributed by atoms with Gasteiger partial charge in [0.15, 0.2) is 0 Å². The van der Waals surface area contributed by atoms with Crippen molar-refractivity contribution in [3.63, 3.8) is 0 Å². The van der Waals surface area contributed by atoms with Gasteiger partial charge in [-0.2, -0.15) is 0 Å². The van der Waals surface area contributed by atoms with E-state index in [0.29, 0.717) is 16.5 Å². The third kappa shape index (κ3) is 2.34. The summed E-state index contributed by atoms with van der Waals surface area (Å²) in [6, 6.07) is 12.6. The first-order valence-corrected chi connectivity index (χ1v) is 8.60. The molecule has 0 radical (unpaired) electrons. The molecule has 6 nitrogen and oxygen atoms in total. The Bertz CT molecular complexity index is 1290. The normalized spacial score (nSPS) is 13.4. The SMILES string of the molecule is O=c1cc(Cn2nnc3ccccc3c2=O)c2cc3c(cc2o1)CCC3. The maximum absolute atomic E-state index is 12.7. The smallest absolute Gasteiger partial charge is 0.336 e. The Kier molecular flexibility index (Phi) is 3.25. The van der Waals surface area contributed by atoms with Crippen LogP contribution in [0.4, 0.5) is 0 Å². The van der Waals surface area contributed by atoms with Gasteiger partial charge in [-0.1, -0.05) is 17.3 Å². The van der Waals surface area contributed by atoms with Crippen molar-refractivity contribution >= 4 is 21.9 Å². The molecule has 1 aliphatic carbocycles. The third-order valence-electron chi connectivity index (χ3n) is 4.99. The van der Waals surface area contributed by atoms with Crippen molar-refractivity contribution in [2.75, 3.05) is 0 Å². The summed E-state index contributed by atoms with van der Waals surface area (Å²) >= 11 is 0. The van der Waals surface area contributed by atoms with Gasteiger partial charge in [0.05, 0.1) is 11.9 Å². The first kappa shape index (κ1) is 15.0. The fourth-order valence-corrected chi connectivity index (χ4v) is 3.71. The summed E-state index contributed by atoms with van der Waals surface area (Å²) in [7, 11) is 0. The van der Waals surface area contributed by atoms with E-state index in [9.17, 15) is 9.59 Å². The van der Waals surface area contributed by atoms with Gasteiger partial charge in [-0.05, 0) is 60.2 Å². The van der Waals surface area contributed by atoms with Crippen LogP contribution in [-0.4, -0.2) is 15.0 Å². The molecule has 0 unspecified atom stereocenters. The molecule has 4 aromatic rings. The first-order valence-electron chi connectivity index (χ1n) is 8.60. The van der Waals surface area contributed by atoms with Gasteiger partial charge in [0.2, 0.25) is 0 Å². The molecule has 6 heteroatoms. The molecule has 0 fully saturated rings. The summed E-state index contributed by atoms with van der Waals surface area (Å²) in [4.78, 5) is 24.7. The zero-order chi connectivity index (χ0) is 17.7. The van der Waals surface area contributed by atoms with E-state index in [1.165, 1.54) is 21.9 Å². The molecule has 2 heterocycles. The van der Waals surface area contributed by atoms with Gasteiger partial charge in [0.1, 0.15) is 11.1 Å². The van der Waals surface area contributed by atoms with Gasteiger partial charge < -0.3 is 4.42 Å². The molecule has 1 aliphatic rings. The Morgan fingerprint density at radius 1 is 1.00 bits per heavy atom. The Labute approximate surface area is 147 Å². The summed E-state index contributed by atoms with van der Waals surface area (Å²) in [5.41, 5.74) is 3.71. The van der Waals surface area contributed by atoms with Crippen molar-refractivity contribution in [2.45, 2.75) is 25.8 Å². The monoisotopic (exact) mass is 345 g/mol. The van der Waals surface area contributed by atoms with E-state index in [1.807, 2.05) is 12.1 Å². The van der Waals surface area contributed by atoms with Crippen LogP contribution in [0.3, 0.4) is 0 Å². The average Bonchev–Trinajstić information content (AvgIpc) is 3.10. The highest BCUT2D eigenvalue weighted by Gasteiger charge is 2.16. The number of hydrogen-bond acceptors (Lipinski definition) is 5. The fourth-order valence-electron chi connectivity index (χ4n) is 3.71. The predicted molar refractivity (Wildman–Crippen MR) is 97.4 cm³/mol. The number of hydrogen-bond donors (Lipinski definition) is 0. The highest BCUT2D eigenvalue weighted by molar-refractivity contribution is 5.82. The molecular formula is C20H15N3O3. The number of aryl methyl sites for hydroxylation is 2. The Morgan fingerprint density at radius 3 is 2.69 bits per heavy atom. The fraction of sp³-hybridized carbons (Fsp3) is 0.200. The van der Waals surface area contributed by atoms with Crippen LogP contribution >= 0.6 is 0 Å². The number of aromatic nitrogens is 3. The average molecular weight is 345 g/mol. The van der Waals surface area contributed by atoms with Crippen LogP contribution in [0.1, 0.15) is 23.1 Å². The summed E-state index contributed by atoms with van der Waals surface area (Å²) in [6.45, 7) is 0.178. The summed E-state index contributed by atoms with van der Waals surface area (Å²) < 4.78 is 6.68. The second-order valence-electron chi connectivity index (χ2n) is 6.63. The van der Waals surface area contributed by atoms with Gasteiger partial charge in [0, 0.05) is 11.5 Å². The molecular weight excluding hydrogens is 330 g/mol. The van der Waals surface area contributed by atoms with Crippen molar-refractivity contribution < 1.29 is 4.42 Å². The van der Waals surface area contributed by atoms with Gasteiger partial charge in [-0.25, -0.2) is 9.48 Å². The zero-order valence-corrected chi connectivity index (χ0v) is 13.9. The Morgan fingerprint density at radius 2 is 1.81 bits per heavy atom. The summed E-state index contributed by atoms with van der Waals surface area (Å²) in [5, 5.41) is 9.51. The van der Waals surface area contributed by atoms with Gasteiger partial charge in [-0.15, -0.1) is 5.10 Å². The number of rotatable bonds is 2. The molecule has 0 aliphatic heterocycles. The minimum absolute atomic E-state index is 0.178. The van der Waals surface area contributed by atoms with Crippen LogP contribution < -0.4 is 11.2 Å². The maximum atomic E-state index is 12.7. The Hall–Kier alpha value is -3.28. The van der Waals surface area contributed by atoms with E-state index in [4.69, 9.17) is 4.42 Å². The van der Waals surface area contributed by atoms with E-state index in [0.717, 1.165) is 30.2 Å². The van der Waals surface area contributed by atoms with Crippen molar-refractivity contribution in [1.29, 1.82) is 0 Å². The molecule has 2 aromatic carbocycles. The lowest BCUT2D eigenvalue weighted by atomic mass is 10.0. The van der Waals surface area contributed by atoms with Crippen molar-refractivity contribution in [1.82, 2.24) is 15.0 Å². The minimum atomic E-state index is -0.424. The standard InChI is InChI=1S/C20H15N3O3/c24-19-10-14(16-8-12-4-3-5-13(12)9-18(16)26-19)11-23-20(25)15-6-1-2-7-17(15)21-22-23/h1-2,6-10H,3-5,11H2. The summed E-state index contributed by atoms with van der Waals surface area (Å²) in [6.07, 6.45) is 3.15. The van der Waals surface area contributed by atoms with E-state index >= 15 is 0 Å². The Balaban J connectivity index is 1.69. The highest BCUT2D eigenvalue weighted by atomic mass is 16.4. The highest BCUT2D eigenvalue weighted by Crippen LogP contribution is 2.28. The molecule has 128 valence electrons. The van der Waals surface area contributed by atoms with E-state index < -0.39 is 5.63 Å². The molecule has 0 amide bonds. The molecule has 0 saturated heterocycles. The van der Waals surface area contributed by atoms with Crippen LogP contribution in [0.2, 0.25) is 0 Å². The lowest BCUT2D eigenvalue weighted by Gasteiger charge is -2.09. The quantitative estimate of drug-likeness (QED) is 0.522. The van der Waals surface area contributed by atoms with Crippen molar-refractivity contribution in [2.24, 2.45) is 0 Å². The number of fused-ring (bicyclic) bond motifs is 3. The number of benzene rings is 2. The minimum Gasteiger partial charge on any atom is -0.423 e. The second-order valence-corrected chi connectivity index (χ2v) is 6.63. The largest absolute Gasteiger partial charge is 0.423 e. The molecule has 0 bridgehead atoms. The van der Waals surface area contributed by atoms with Crippen LogP contribution in [0.25, 0.3) is 21.9 Å². The molecule has 2 aromatic heterocycles. The van der Waals surface area contributed by atoms with Crippen LogP contribution in [0.15, 0.2) is 56.5 Å². The maximum Gasteiger partial charge on any atom is 0.336 e. The third-order valence-corrected chi connectivity index (χ3v) is 4.99. The van der Waals surface area contributed by atoms with Crippen LogP contribution in [0, 0.1) is 0 Å².